The lowest BCUT2D eigenvalue weighted by atomic mass is 10.1. The molecule has 1 aliphatic heterocycles. The number of aromatic nitrogens is 4. The number of tetrazole rings is 1. The van der Waals surface area contributed by atoms with E-state index in [2.05, 4.69) is 15.5 Å². The molecule has 104 valence electrons. The maximum Gasteiger partial charge on any atom is 0.273 e. The molecule has 0 aliphatic carbocycles. The van der Waals surface area contributed by atoms with Gasteiger partial charge in [-0.2, -0.15) is 0 Å². The minimum Gasteiger partial charge on any atom is -0.485 e. The molecule has 9 nitrogen and oxygen atoms in total. The highest BCUT2D eigenvalue weighted by molar-refractivity contribution is 5.62. The van der Waals surface area contributed by atoms with E-state index in [1.165, 1.54) is 16.8 Å². The molecule has 0 bridgehead atoms. The molecule has 1 aromatic heterocycles. The van der Waals surface area contributed by atoms with Crippen molar-refractivity contribution in [2.45, 2.75) is 6.10 Å². The van der Waals surface area contributed by atoms with Gasteiger partial charge in [0.15, 0.2) is 5.82 Å². The monoisotopic (exact) mass is 277 g/mol. The summed E-state index contributed by atoms with van der Waals surface area (Å²) >= 11 is 0. The third-order valence-electron chi connectivity index (χ3n) is 2.89. The van der Waals surface area contributed by atoms with Crippen molar-refractivity contribution in [3.05, 3.63) is 28.3 Å². The van der Waals surface area contributed by atoms with E-state index in [0.717, 1.165) is 0 Å². The van der Waals surface area contributed by atoms with E-state index in [0.29, 0.717) is 30.4 Å². The number of non-ortho nitro benzene ring substituents is 1. The average molecular weight is 277 g/mol. The van der Waals surface area contributed by atoms with Crippen LogP contribution in [0.1, 0.15) is 0 Å². The van der Waals surface area contributed by atoms with Crippen LogP contribution in [0.3, 0.4) is 0 Å². The van der Waals surface area contributed by atoms with Gasteiger partial charge in [-0.25, -0.2) is 4.68 Å². The molecular formula is C11H11N5O4. The number of nitro benzene ring substituents is 1. The zero-order chi connectivity index (χ0) is 14.1. The number of rotatable bonds is 4. The molecule has 1 saturated heterocycles. The third-order valence-corrected chi connectivity index (χ3v) is 2.89. The molecule has 3 rings (SSSR count). The summed E-state index contributed by atoms with van der Waals surface area (Å²) in [6, 6.07) is 4.47. The first-order chi connectivity index (χ1) is 9.63. The Bertz CT molecular complexity index is 652. The van der Waals surface area contributed by atoms with Crippen LogP contribution in [0.4, 0.5) is 5.69 Å². The predicted octanol–water partition coefficient (Wildman–Crippen LogP) is 0.563. The van der Waals surface area contributed by atoms with E-state index >= 15 is 0 Å². The summed E-state index contributed by atoms with van der Waals surface area (Å²) in [5.74, 6) is 0.842. The van der Waals surface area contributed by atoms with Gasteiger partial charge in [0.2, 0.25) is 0 Å². The number of nitrogens with zero attached hydrogens (tertiary/aromatic N) is 5. The summed E-state index contributed by atoms with van der Waals surface area (Å²) < 4.78 is 12.1. The van der Waals surface area contributed by atoms with Gasteiger partial charge < -0.3 is 9.47 Å². The largest absolute Gasteiger partial charge is 0.485 e. The SMILES string of the molecule is Cn1nnnc1-c1cc(OC2COC2)cc([N+](=O)[O-])c1. The Hall–Kier alpha value is -2.55. The quantitative estimate of drug-likeness (QED) is 0.593. The molecule has 20 heavy (non-hydrogen) atoms. The summed E-state index contributed by atoms with van der Waals surface area (Å²) in [7, 11) is 1.66. The van der Waals surface area contributed by atoms with Crippen LogP contribution in [0.2, 0.25) is 0 Å². The lowest BCUT2D eigenvalue weighted by Crippen LogP contribution is -2.38. The summed E-state index contributed by atoms with van der Waals surface area (Å²) in [4.78, 5) is 10.5. The normalized spacial score (nSPS) is 14.8. The van der Waals surface area contributed by atoms with Crippen molar-refractivity contribution < 1.29 is 14.4 Å². The van der Waals surface area contributed by atoms with Gasteiger partial charge >= 0.3 is 0 Å². The first-order valence-corrected chi connectivity index (χ1v) is 5.90. The van der Waals surface area contributed by atoms with Gasteiger partial charge in [0, 0.05) is 18.7 Å². The highest BCUT2D eigenvalue weighted by Gasteiger charge is 2.22. The number of aryl methyl sites for hydroxylation is 1. The van der Waals surface area contributed by atoms with Crippen LogP contribution in [-0.4, -0.2) is 44.4 Å². The van der Waals surface area contributed by atoms with E-state index in [-0.39, 0.29) is 11.8 Å². The molecular weight excluding hydrogens is 266 g/mol. The summed E-state index contributed by atoms with van der Waals surface area (Å²) in [6.07, 6.45) is -0.0672. The van der Waals surface area contributed by atoms with E-state index in [4.69, 9.17) is 9.47 Å². The van der Waals surface area contributed by atoms with E-state index in [1.807, 2.05) is 0 Å². The smallest absolute Gasteiger partial charge is 0.273 e. The molecule has 0 unspecified atom stereocenters. The minimum atomic E-state index is -0.475. The van der Waals surface area contributed by atoms with Crippen LogP contribution >= 0.6 is 0 Å². The fourth-order valence-electron chi connectivity index (χ4n) is 1.83. The Labute approximate surface area is 113 Å². The Balaban J connectivity index is 2.00. The van der Waals surface area contributed by atoms with Gasteiger partial charge in [0.05, 0.1) is 24.2 Å². The van der Waals surface area contributed by atoms with Crippen molar-refractivity contribution in [2.75, 3.05) is 13.2 Å². The van der Waals surface area contributed by atoms with Crippen molar-refractivity contribution in [1.82, 2.24) is 20.2 Å². The standard InChI is InChI=1S/C11H11N5O4/c1-15-11(12-13-14-15)7-2-8(16(17)18)4-9(3-7)20-10-5-19-6-10/h2-4,10H,5-6H2,1H3. The molecule has 1 aliphatic rings. The van der Waals surface area contributed by atoms with Crippen molar-refractivity contribution in [3.63, 3.8) is 0 Å². The fourth-order valence-corrected chi connectivity index (χ4v) is 1.83. The van der Waals surface area contributed by atoms with Gasteiger partial charge in [-0.15, -0.1) is 5.10 Å². The molecule has 1 fully saturated rings. The number of ether oxygens (including phenoxy) is 2. The lowest BCUT2D eigenvalue weighted by molar-refractivity contribution is -0.384. The second kappa shape index (κ2) is 4.85. The second-order valence-corrected chi connectivity index (χ2v) is 4.38. The zero-order valence-electron chi connectivity index (χ0n) is 10.6. The molecule has 2 heterocycles. The highest BCUT2D eigenvalue weighted by Crippen LogP contribution is 2.29. The second-order valence-electron chi connectivity index (χ2n) is 4.38. The van der Waals surface area contributed by atoms with Crippen LogP contribution in [0.5, 0.6) is 5.75 Å². The first-order valence-electron chi connectivity index (χ1n) is 5.90. The highest BCUT2D eigenvalue weighted by atomic mass is 16.6. The number of benzene rings is 1. The molecule has 0 radical (unpaired) electrons. The van der Waals surface area contributed by atoms with Gasteiger partial charge in [-0.05, 0) is 16.5 Å². The van der Waals surface area contributed by atoms with Crippen LogP contribution in [0.15, 0.2) is 18.2 Å². The maximum atomic E-state index is 11.0. The van der Waals surface area contributed by atoms with Gasteiger partial charge in [0.1, 0.15) is 11.9 Å². The third kappa shape index (κ3) is 2.30. The molecule has 0 amide bonds. The van der Waals surface area contributed by atoms with E-state index < -0.39 is 4.92 Å². The summed E-state index contributed by atoms with van der Waals surface area (Å²) in [5.41, 5.74) is 0.461. The number of hydrogen-bond donors (Lipinski definition) is 0. The van der Waals surface area contributed by atoms with Crippen LogP contribution in [0.25, 0.3) is 11.4 Å². The van der Waals surface area contributed by atoms with Gasteiger partial charge in [-0.1, -0.05) is 0 Å². The maximum absolute atomic E-state index is 11.0. The molecule has 1 aromatic carbocycles. The predicted molar refractivity (Wildman–Crippen MR) is 66.1 cm³/mol. The van der Waals surface area contributed by atoms with Gasteiger partial charge in [-0.3, -0.25) is 10.1 Å². The van der Waals surface area contributed by atoms with Crippen molar-refractivity contribution in [3.8, 4) is 17.1 Å². The average Bonchev–Trinajstić information content (AvgIpc) is 2.80. The van der Waals surface area contributed by atoms with E-state index in [9.17, 15) is 10.1 Å². The lowest BCUT2D eigenvalue weighted by Gasteiger charge is -2.26. The molecule has 0 atom stereocenters. The molecule has 0 saturated carbocycles. The Kier molecular flexibility index (Phi) is 3.03. The van der Waals surface area contributed by atoms with Crippen molar-refractivity contribution >= 4 is 5.69 Å². The zero-order valence-corrected chi connectivity index (χ0v) is 10.6. The van der Waals surface area contributed by atoms with Crippen LogP contribution < -0.4 is 4.74 Å². The Morgan fingerprint density at radius 3 is 2.80 bits per heavy atom. The topological polar surface area (TPSA) is 105 Å². The molecule has 0 N–H and O–H groups in total. The molecule has 0 spiro atoms. The molecule has 2 aromatic rings. The Morgan fingerprint density at radius 2 is 2.25 bits per heavy atom. The number of nitro groups is 1. The molecule has 9 heteroatoms. The van der Waals surface area contributed by atoms with Crippen LogP contribution in [0, 0.1) is 10.1 Å². The van der Waals surface area contributed by atoms with Gasteiger partial charge in [0.25, 0.3) is 5.69 Å². The van der Waals surface area contributed by atoms with E-state index in [1.54, 1.807) is 13.1 Å². The summed E-state index contributed by atoms with van der Waals surface area (Å²) in [5, 5.41) is 22.1. The number of hydrogen-bond acceptors (Lipinski definition) is 7. The van der Waals surface area contributed by atoms with Crippen molar-refractivity contribution in [2.24, 2.45) is 7.05 Å². The fraction of sp³-hybridized carbons (Fsp3) is 0.364. The minimum absolute atomic E-state index is 0.0672. The summed E-state index contributed by atoms with van der Waals surface area (Å²) in [6.45, 7) is 0.979. The Morgan fingerprint density at radius 1 is 1.45 bits per heavy atom. The van der Waals surface area contributed by atoms with Crippen LogP contribution in [-0.2, 0) is 11.8 Å². The van der Waals surface area contributed by atoms with Crippen molar-refractivity contribution in [1.29, 1.82) is 0 Å². The first kappa shape index (κ1) is 12.5.